The lowest BCUT2D eigenvalue weighted by atomic mass is 10.2. The normalized spacial score (nSPS) is 31.8. The van der Waals surface area contributed by atoms with E-state index in [4.69, 9.17) is 9.47 Å². The Labute approximate surface area is 102 Å². The lowest BCUT2D eigenvalue weighted by Crippen LogP contribution is -2.47. The average Bonchev–Trinajstić information content (AvgIpc) is 2.67. The second-order valence-corrected chi connectivity index (χ2v) is 6.12. The number of nitrogens with one attached hydrogen (secondary N) is 1. The molecule has 0 bridgehead atoms. The molecule has 1 fully saturated rings. The van der Waals surface area contributed by atoms with Gasteiger partial charge in [-0.1, -0.05) is 0 Å². The van der Waals surface area contributed by atoms with Crippen LogP contribution in [0.25, 0.3) is 0 Å². The molecule has 0 radical (unpaired) electrons. The number of likely N-dealkylation sites (N-methyl/N-ethyl adjacent to an activating group) is 1. The Morgan fingerprint density at radius 3 is 2.60 bits per heavy atom. The summed E-state index contributed by atoms with van der Waals surface area (Å²) in [6, 6.07) is 4.35. The standard InChI is InChI=1S/C10H14BrNO2S/c1-10(8-3-4-9(11)15-8)13-5-7(12-2)6-14-10/h3-4,7,12H,5-6H2,1-2H3. The van der Waals surface area contributed by atoms with Gasteiger partial charge in [-0.25, -0.2) is 0 Å². The topological polar surface area (TPSA) is 30.5 Å². The second-order valence-electron chi connectivity index (χ2n) is 3.66. The fraction of sp³-hybridized carbons (Fsp3) is 0.600. The molecule has 2 heterocycles. The molecule has 2 rings (SSSR count). The molecule has 0 atom stereocenters. The zero-order chi connectivity index (χ0) is 10.9. The lowest BCUT2D eigenvalue weighted by Gasteiger charge is -2.36. The van der Waals surface area contributed by atoms with Crippen LogP contribution < -0.4 is 5.32 Å². The van der Waals surface area contributed by atoms with E-state index in [9.17, 15) is 0 Å². The maximum absolute atomic E-state index is 5.77. The fourth-order valence-corrected chi connectivity index (χ4v) is 2.92. The van der Waals surface area contributed by atoms with E-state index >= 15 is 0 Å². The van der Waals surface area contributed by atoms with Gasteiger partial charge >= 0.3 is 0 Å². The monoisotopic (exact) mass is 291 g/mol. The van der Waals surface area contributed by atoms with Crippen molar-refractivity contribution in [1.82, 2.24) is 5.32 Å². The molecular formula is C10H14BrNO2S. The zero-order valence-electron chi connectivity index (χ0n) is 8.75. The molecule has 1 aromatic rings. The van der Waals surface area contributed by atoms with Gasteiger partial charge in [0.15, 0.2) is 0 Å². The summed E-state index contributed by atoms with van der Waals surface area (Å²) in [7, 11) is 1.92. The van der Waals surface area contributed by atoms with Crippen molar-refractivity contribution < 1.29 is 9.47 Å². The summed E-state index contributed by atoms with van der Waals surface area (Å²) in [6.07, 6.45) is 0. The van der Waals surface area contributed by atoms with Crippen LogP contribution >= 0.6 is 27.3 Å². The van der Waals surface area contributed by atoms with E-state index in [0.29, 0.717) is 19.3 Å². The van der Waals surface area contributed by atoms with E-state index in [1.54, 1.807) is 11.3 Å². The summed E-state index contributed by atoms with van der Waals surface area (Å²) in [5, 5.41) is 3.14. The van der Waals surface area contributed by atoms with Gasteiger partial charge in [0.1, 0.15) is 0 Å². The molecule has 0 amide bonds. The van der Waals surface area contributed by atoms with Crippen molar-refractivity contribution in [3.8, 4) is 0 Å². The fourth-order valence-electron chi connectivity index (χ4n) is 1.48. The Morgan fingerprint density at radius 2 is 2.13 bits per heavy atom. The van der Waals surface area contributed by atoms with Crippen molar-refractivity contribution >= 4 is 27.3 Å². The van der Waals surface area contributed by atoms with Crippen LogP contribution in [0.5, 0.6) is 0 Å². The average molecular weight is 292 g/mol. The zero-order valence-corrected chi connectivity index (χ0v) is 11.2. The molecule has 1 aliphatic rings. The van der Waals surface area contributed by atoms with E-state index < -0.39 is 5.79 Å². The van der Waals surface area contributed by atoms with Gasteiger partial charge in [-0.05, 0) is 42.0 Å². The van der Waals surface area contributed by atoms with Crippen molar-refractivity contribution in [3.63, 3.8) is 0 Å². The minimum Gasteiger partial charge on any atom is -0.344 e. The van der Waals surface area contributed by atoms with Crippen molar-refractivity contribution in [1.29, 1.82) is 0 Å². The number of halogens is 1. The Hall–Kier alpha value is 0.0600. The Morgan fingerprint density at radius 1 is 1.47 bits per heavy atom. The summed E-state index contributed by atoms with van der Waals surface area (Å²) in [5.41, 5.74) is 0. The van der Waals surface area contributed by atoms with Gasteiger partial charge in [0.05, 0.1) is 27.9 Å². The van der Waals surface area contributed by atoms with Gasteiger partial charge in [-0.2, -0.15) is 0 Å². The lowest BCUT2D eigenvalue weighted by molar-refractivity contribution is -0.270. The molecule has 5 heteroatoms. The molecule has 1 N–H and O–H groups in total. The number of hydrogen-bond acceptors (Lipinski definition) is 4. The first kappa shape index (κ1) is 11.5. The molecule has 0 unspecified atom stereocenters. The van der Waals surface area contributed by atoms with Crippen molar-refractivity contribution in [2.75, 3.05) is 20.3 Å². The third-order valence-corrected chi connectivity index (χ3v) is 4.36. The molecular weight excluding hydrogens is 278 g/mol. The van der Waals surface area contributed by atoms with Crippen LogP contribution in [0.1, 0.15) is 11.8 Å². The van der Waals surface area contributed by atoms with Crippen LogP contribution in [-0.4, -0.2) is 26.3 Å². The highest BCUT2D eigenvalue weighted by atomic mass is 79.9. The first-order valence-electron chi connectivity index (χ1n) is 4.85. The smallest absolute Gasteiger partial charge is 0.201 e. The summed E-state index contributed by atoms with van der Waals surface area (Å²) in [5.74, 6) is -0.579. The number of hydrogen-bond donors (Lipinski definition) is 1. The Bertz CT molecular complexity index is 334. The summed E-state index contributed by atoms with van der Waals surface area (Å²) >= 11 is 5.09. The van der Waals surface area contributed by atoms with Crippen molar-refractivity contribution in [3.05, 3.63) is 20.8 Å². The molecule has 1 aromatic heterocycles. The van der Waals surface area contributed by atoms with Crippen LogP contribution in [0.3, 0.4) is 0 Å². The Balaban J connectivity index is 2.09. The summed E-state index contributed by atoms with van der Waals surface area (Å²) < 4.78 is 12.6. The van der Waals surface area contributed by atoms with Crippen molar-refractivity contribution in [2.45, 2.75) is 18.8 Å². The molecule has 3 nitrogen and oxygen atoms in total. The van der Waals surface area contributed by atoms with Gasteiger partial charge in [0, 0.05) is 0 Å². The van der Waals surface area contributed by atoms with Crippen LogP contribution in [0, 0.1) is 0 Å². The van der Waals surface area contributed by atoms with E-state index in [2.05, 4.69) is 21.2 Å². The maximum Gasteiger partial charge on any atom is 0.201 e. The van der Waals surface area contributed by atoms with E-state index in [-0.39, 0.29) is 0 Å². The molecule has 15 heavy (non-hydrogen) atoms. The highest BCUT2D eigenvalue weighted by Crippen LogP contribution is 2.36. The quantitative estimate of drug-likeness (QED) is 0.907. The van der Waals surface area contributed by atoms with Gasteiger partial charge in [-0.15, -0.1) is 11.3 Å². The molecule has 0 aromatic carbocycles. The molecule has 0 saturated carbocycles. The number of rotatable bonds is 2. The highest BCUT2D eigenvalue weighted by molar-refractivity contribution is 9.11. The van der Waals surface area contributed by atoms with Gasteiger partial charge in [0.25, 0.3) is 0 Å². The predicted octanol–water partition coefficient (Wildman–Crippen LogP) is 2.32. The third-order valence-electron chi connectivity index (χ3n) is 2.55. The summed E-state index contributed by atoms with van der Waals surface area (Å²) in [4.78, 5) is 1.10. The molecule has 0 spiro atoms. The van der Waals surface area contributed by atoms with Gasteiger partial charge < -0.3 is 14.8 Å². The largest absolute Gasteiger partial charge is 0.344 e. The minimum absolute atomic E-state index is 0.293. The number of ether oxygens (including phenoxy) is 2. The molecule has 84 valence electrons. The van der Waals surface area contributed by atoms with E-state index in [1.165, 1.54) is 0 Å². The highest BCUT2D eigenvalue weighted by Gasteiger charge is 2.35. The second kappa shape index (κ2) is 4.51. The SMILES string of the molecule is CNC1COC(C)(c2ccc(Br)s2)OC1. The van der Waals surface area contributed by atoms with Crippen LogP contribution in [0.2, 0.25) is 0 Å². The predicted molar refractivity (Wildman–Crippen MR) is 64.1 cm³/mol. The third kappa shape index (κ3) is 2.42. The number of thiophene rings is 1. The Kier molecular flexibility index (Phi) is 3.47. The van der Waals surface area contributed by atoms with Crippen LogP contribution in [0.4, 0.5) is 0 Å². The molecule has 1 aliphatic heterocycles. The minimum atomic E-state index is -0.579. The molecule has 1 saturated heterocycles. The first-order valence-corrected chi connectivity index (χ1v) is 6.46. The van der Waals surface area contributed by atoms with Gasteiger partial charge in [0.2, 0.25) is 5.79 Å². The summed E-state index contributed by atoms with van der Waals surface area (Å²) in [6.45, 7) is 3.34. The first-order chi connectivity index (χ1) is 7.14. The van der Waals surface area contributed by atoms with Gasteiger partial charge in [-0.3, -0.25) is 0 Å². The maximum atomic E-state index is 5.77. The van der Waals surface area contributed by atoms with Crippen molar-refractivity contribution in [2.24, 2.45) is 0 Å². The van der Waals surface area contributed by atoms with Crippen LogP contribution in [-0.2, 0) is 15.3 Å². The van der Waals surface area contributed by atoms with E-state index in [1.807, 2.05) is 26.1 Å². The van der Waals surface area contributed by atoms with E-state index in [0.717, 1.165) is 8.66 Å². The molecule has 0 aliphatic carbocycles. The van der Waals surface area contributed by atoms with Crippen LogP contribution in [0.15, 0.2) is 15.9 Å².